The number of hydrogen-bond donors (Lipinski definition) is 2. The van der Waals surface area contributed by atoms with E-state index in [4.69, 9.17) is 5.11 Å². The Labute approximate surface area is 115 Å². The number of carboxylic acids is 1. The van der Waals surface area contributed by atoms with Crippen LogP contribution < -0.4 is 5.32 Å². The Kier molecular flexibility index (Phi) is 4.09. The van der Waals surface area contributed by atoms with Gasteiger partial charge in [-0.15, -0.1) is 5.10 Å². The SMILES string of the molecule is CCc1cccc(NC(=O)Cn2cc(C(=O)O)nn2)c1. The van der Waals surface area contributed by atoms with Crippen LogP contribution in [0, 0.1) is 0 Å². The highest BCUT2D eigenvalue weighted by Crippen LogP contribution is 2.11. The molecule has 0 saturated heterocycles. The quantitative estimate of drug-likeness (QED) is 0.853. The molecule has 0 aliphatic rings. The number of nitrogens with zero attached hydrogens (tertiary/aromatic N) is 3. The van der Waals surface area contributed by atoms with Gasteiger partial charge in [0.2, 0.25) is 5.91 Å². The highest BCUT2D eigenvalue weighted by Gasteiger charge is 2.10. The summed E-state index contributed by atoms with van der Waals surface area (Å²) in [4.78, 5) is 22.5. The van der Waals surface area contributed by atoms with Crippen molar-refractivity contribution < 1.29 is 14.7 Å². The van der Waals surface area contributed by atoms with Gasteiger partial charge in [0.1, 0.15) is 6.54 Å². The standard InChI is InChI=1S/C13H14N4O3/c1-2-9-4-3-5-10(6-9)14-12(18)8-17-7-11(13(19)20)15-16-17/h3-7H,2,8H2,1H3,(H,14,18)(H,19,20). The van der Waals surface area contributed by atoms with Crippen molar-refractivity contribution in [2.75, 3.05) is 5.32 Å². The van der Waals surface area contributed by atoms with Gasteiger partial charge in [-0.2, -0.15) is 0 Å². The first-order valence-corrected chi connectivity index (χ1v) is 6.10. The fraction of sp³-hybridized carbons (Fsp3) is 0.231. The molecule has 0 aliphatic carbocycles. The summed E-state index contributed by atoms with van der Waals surface area (Å²) < 4.78 is 1.18. The lowest BCUT2D eigenvalue weighted by Crippen LogP contribution is -2.19. The Morgan fingerprint density at radius 2 is 2.20 bits per heavy atom. The molecule has 2 rings (SSSR count). The minimum Gasteiger partial charge on any atom is -0.476 e. The van der Waals surface area contributed by atoms with Crippen LogP contribution in [0.15, 0.2) is 30.5 Å². The summed E-state index contributed by atoms with van der Waals surface area (Å²) >= 11 is 0. The number of carbonyl (C=O) groups excluding carboxylic acids is 1. The van der Waals surface area contributed by atoms with Crippen LogP contribution in [0.25, 0.3) is 0 Å². The van der Waals surface area contributed by atoms with Gasteiger partial charge in [0, 0.05) is 5.69 Å². The number of aromatic nitrogens is 3. The van der Waals surface area contributed by atoms with Gasteiger partial charge in [0.25, 0.3) is 0 Å². The number of aromatic carboxylic acids is 1. The molecule has 20 heavy (non-hydrogen) atoms. The highest BCUT2D eigenvalue weighted by molar-refractivity contribution is 5.90. The van der Waals surface area contributed by atoms with Crippen molar-refractivity contribution in [2.45, 2.75) is 19.9 Å². The maximum atomic E-state index is 11.8. The van der Waals surface area contributed by atoms with Crippen molar-refractivity contribution in [3.05, 3.63) is 41.7 Å². The molecule has 2 N–H and O–H groups in total. The van der Waals surface area contributed by atoms with E-state index in [9.17, 15) is 9.59 Å². The molecule has 1 aromatic heterocycles. The average Bonchev–Trinajstić information content (AvgIpc) is 2.87. The molecule has 7 heteroatoms. The van der Waals surface area contributed by atoms with Crippen LogP contribution in [0.1, 0.15) is 23.0 Å². The second kappa shape index (κ2) is 5.96. The Morgan fingerprint density at radius 1 is 1.40 bits per heavy atom. The summed E-state index contributed by atoms with van der Waals surface area (Å²) in [6.45, 7) is 1.94. The van der Waals surface area contributed by atoms with Crippen molar-refractivity contribution in [3.8, 4) is 0 Å². The first kappa shape index (κ1) is 13.7. The van der Waals surface area contributed by atoms with Gasteiger partial charge >= 0.3 is 5.97 Å². The molecular formula is C13H14N4O3. The van der Waals surface area contributed by atoms with E-state index in [2.05, 4.69) is 15.6 Å². The third kappa shape index (κ3) is 3.41. The summed E-state index contributed by atoms with van der Waals surface area (Å²) in [5.41, 5.74) is 1.63. The summed E-state index contributed by atoms with van der Waals surface area (Å²) in [6, 6.07) is 7.53. The second-order valence-electron chi connectivity index (χ2n) is 4.21. The molecular weight excluding hydrogens is 260 g/mol. The molecule has 0 atom stereocenters. The van der Waals surface area contributed by atoms with Crippen molar-refractivity contribution in [1.82, 2.24) is 15.0 Å². The molecule has 1 heterocycles. The minimum atomic E-state index is -1.17. The number of anilines is 1. The van der Waals surface area contributed by atoms with Gasteiger partial charge in [-0.25, -0.2) is 9.48 Å². The molecule has 1 amide bonds. The molecule has 1 aromatic carbocycles. The van der Waals surface area contributed by atoms with Crippen LogP contribution >= 0.6 is 0 Å². The molecule has 2 aromatic rings. The van der Waals surface area contributed by atoms with Gasteiger partial charge in [0.05, 0.1) is 6.20 Å². The minimum absolute atomic E-state index is 0.0867. The number of carbonyl (C=O) groups is 2. The predicted octanol–water partition coefficient (Wildman–Crippen LogP) is 1.18. The van der Waals surface area contributed by atoms with Crippen LogP contribution in [-0.2, 0) is 17.8 Å². The zero-order chi connectivity index (χ0) is 14.5. The van der Waals surface area contributed by atoms with Crippen LogP contribution in [-0.4, -0.2) is 32.0 Å². The fourth-order valence-corrected chi connectivity index (χ4v) is 1.69. The van der Waals surface area contributed by atoms with Crippen molar-refractivity contribution in [3.63, 3.8) is 0 Å². The third-order valence-corrected chi connectivity index (χ3v) is 2.68. The Morgan fingerprint density at radius 3 is 2.85 bits per heavy atom. The van der Waals surface area contributed by atoms with Crippen LogP contribution in [0.4, 0.5) is 5.69 Å². The lowest BCUT2D eigenvalue weighted by atomic mass is 10.1. The maximum absolute atomic E-state index is 11.8. The van der Waals surface area contributed by atoms with Crippen LogP contribution in [0.2, 0.25) is 0 Å². The van der Waals surface area contributed by atoms with Crippen LogP contribution in [0.5, 0.6) is 0 Å². The predicted molar refractivity (Wildman–Crippen MR) is 71.4 cm³/mol. The first-order chi connectivity index (χ1) is 9.58. The van der Waals surface area contributed by atoms with E-state index >= 15 is 0 Å². The monoisotopic (exact) mass is 274 g/mol. The molecule has 0 aliphatic heterocycles. The molecule has 0 fully saturated rings. The van der Waals surface area contributed by atoms with Crippen molar-refractivity contribution >= 4 is 17.6 Å². The normalized spacial score (nSPS) is 10.2. The van der Waals surface area contributed by atoms with E-state index in [-0.39, 0.29) is 18.1 Å². The summed E-state index contributed by atoms with van der Waals surface area (Å²) in [7, 11) is 0. The summed E-state index contributed by atoms with van der Waals surface area (Å²) in [5.74, 6) is -1.47. The molecule has 0 bridgehead atoms. The zero-order valence-corrected chi connectivity index (χ0v) is 10.9. The number of rotatable bonds is 5. The molecule has 7 nitrogen and oxygen atoms in total. The molecule has 0 spiro atoms. The number of amides is 1. The van der Waals surface area contributed by atoms with E-state index < -0.39 is 5.97 Å². The smallest absolute Gasteiger partial charge is 0.358 e. The summed E-state index contributed by atoms with van der Waals surface area (Å²) in [6.07, 6.45) is 2.10. The van der Waals surface area contributed by atoms with Crippen molar-refractivity contribution in [2.24, 2.45) is 0 Å². The number of nitrogens with one attached hydrogen (secondary N) is 1. The fourth-order valence-electron chi connectivity index (χ4n) is 1.69. The number of benzene rings is 1. The van der Waals surface area contributed by atoms with Gasteiger partial charge in [-0.3, -0.25) is 4.79 Å². The van der Waals surface area contributed by atoms with E-state index in [1.807, 2.05) is 25.1 Å². The average molecular weight is 274 g/mol. The van der Waals surface area contributed by atoms with E-state index in [0.717, 1.165) is 12.0 Å². The Bertz CT molecular complexity index is 636. The van der Waals surface area contributed by atoms with E-state index in [1.54, 1.807) is 6.07 Å². The number of aryl methyl sites for hydroxylation is 1. The molecule has 0 saturated carbocycles. The van der Waals surface area contributed by atoms with E-state index in [1.165, 1.54) is 10.9 Å². The lowest BCUT2D eigenvalue weighted by Gasteiger charge is -2.06. The number of carboxylic acid groups (broad SMARTS) is 1. The first-order valence-electron chi connectivity index (χ1n) is 6.10. The van der Waals surface area contributed by atoms with Gasteiger partial charge in [-0.1, -0.05) is 24.3 Å². The summed E-state index contributed by atoms with van der Waals surface area (Å²) in [5, 5.41) is 18.5. The Hall–Kier alpha value is -2.70. The molecule has 0 unspecified atom stereocenters. The van der Waals surface area contributed by atoms with Crippen LogP contribution in [0.3, 0.4) is 0 Å². The van der Waals surface area contributed by atoms with Gasteiger partial charge in [0.15, 0.2) is 5.69 Å². The largest absolute Gasteiger partial charge is 0.476 e. The topological polar surface area (TPSA) is 97.1 Å². The number of hydrogen-bond acceptors (Lipinski definition) is 4. The van der Waals surface area contributed by atoms with E-state index in [0.29, 0.717) is 5.69 Å². The maximum Gasteiger partial charge on any atom is 0.358 e. The molecule has 0 radical (unpaired) electrons. The second-order valence-corrected chi connectivity index (χ2v) is 4.21. The molecule has 104 valence electrons. The van der Waals surface area contributed by atoms with Gasteiger partial charge in [-0.05, 0) is 24.1 Å². The van der Waals surface area contributed by atoms with Crippen molar-refractivity contribution in [1.29, 1.82) is 0 Å². The zero-order valence-electron chi connectivity index (χ0n) is 10.9. The highest BCUT2D eigenvalue weighted by atomic mass is 16.4. The lowest BCUT2D eigenvalue weighted by molar-refractivity contribution is -0.116. The Balaban J connectivity index is 1.99. The van der Waals surface area contributed by atoms with Gasteiger partial charge < -0.3 is 10.4 Å². The third-order valence-electron chi connectivity index (χ3n) is 2.68.